The predicted octanol–water partition coefficient (Wildman–Crippen LogP) is 9.99. The van der Waals surface area contributed by atoms with E-state index in [1.54, 1.807) is 6.08 Å². The van der Waals surface area contributed by atoms with Crippen molar-refractivity contribution in [1.82, 2.24) is 0 Å². The first-order valence-electron chi connectivity index (χ1n) is 22.0. The van der Waals surface area contributed by atoms with Crippen molar-refractivity contribution in [2.45, 2.75) is 200 Å². The fourth-order valence-corrected chi connectivity index (χ4v) is 8.99. The summed E-state index contributed by atoms with van der Waals surface area (Å²) in [5.74, 6) is -2.39. The third kappa shape index (κ3) is 15.6. The van der Waals surface area contributed by atoms with Crippen LogP contribution in [-0.2, 0) is 47.4 Å². The zero-order valence-corrected chi connectivity index (χ0v) is 37.0. The Kier molecular flexibility index (Phi) is 17.2. The van der Waals surface area contributed by atoms with Crippen molar-refractivity contribution in [2.75, 3.05) is 6.61 Å². The number of fused-ring (bicyclic) bond motifs is 6. The van der Waals surface area contributed by atoms with Crippen molar-refractivity contribution >= 4 is 5.97 Å². The first-order valence-corrected chi connectivity index (χ1v) is 22.0. The molecule has 4 saturated heterocycles. The number of cyclic esters (lactones) is 1. The molecule has 10 heteroatoms. The number of carbonyl (C=O) groups excluding carboxylic acids is 1. The fraction of sp³-hybridized carbons (Fsp3) is 0.729. The van der Waals surface area contributed by atoms with E-state index in [4.69, 9.17) is 42.6 Å². The van der Waals surface area contributed by atoms with Crippen LogP contribution in [0.2, 0.25) is 0 Å². The van der Waals surface area contributed by atoms with E-state index >= 15 is 0 Å². The molecule has 5 rings (SSSR count). The van der Waals surface area contributed by atoms with Gasteiger partial charge < -0.3 is 42.6 Å². The maximum absolute atomic E-state index is 12.9. The number of hydrogen-bond donors (Lipinski definition) is 0. The van der Waals surface area contributed by atoms with Crippen molar-refractivity contribution in [2.24, 2.45) is 17.8 Å². The Balaban J connectivity index is 1.38. The van der Waals surface area contributed by atoms with E-state index in [2.05, 4.69) is 52.0 Å². The fourth-order valence-electron chi connectivity index (χ4n) is 8.99. The number of rotatable bonds is 3. The van der Waals surface area contributed by atoms with Gasteiger partial charge in [0.1, 0.15) is 6.10 Å². The molecule has 10 nitrogen and oxygen atoms in total. The molecule has 0 amide bonds. The molecule has 5 aliphatic rings. The van der Waals surface area contributed by atoms with Crippen LogP contribution in [0.5, 0.6) is 0 Å². The van der Waals surface area contributed by atoms with E-state index in [0.29, 0.717) is 19.4 Å². The van der Waals surface area contributed by atoms with Crippen LogP contribution in [0, 0.1) is 17.8 Å². The third-order valence-corrected chi connectivity index (χ3v) is 11.3. The van der Waals surface area contributed by atoms with Crippen LogP contribution in [0.1, 0.15) is 127 Å². The Labute approximate surface area is 349 Å². The van der Waals surface area contributed by atoms with Crippen LogP contribution in [0.4, 0.5) is 0 Å². The molecule has 0 aliphatic carbocycles. The van der Waals surface area contributed by atoms with E-state index in [1.807, 2.05) is 78.0 Å². The highest BCUT2D eigenvalue weighted by Gasteiger charge is 2.44. The highest BCUT2D eigenvalue weighted by atomic mass is 16.7. The van der Waals surface area contributed by atoms with Crippen molar-refractivity contribution < 1.29 is 47.4 Å². The summed E-state index contributed by atoms with van der Waals surface area (Å²) in [6.07, 6.45) is 29.3. The second kappa shape index (κ2) is 21.4. The summed E-state index contributed by atoms with van der Waals surface area (Å²) in [5.41, 5.74) is 0. The minimum atomic E-state index is -0.789. The van der Waals surface area contributed by atoms with Crippen LogP contribution < -0.4 is 0 Å². The average Bonchev–Trinajstić information content (AvgIpc) is 3.11. The Morgan fingerprint density at radius 3 is 1.62 bits per heavy atom. The lowest BCUT2D eigenvalue weighted by Crippen LogP contribution is -2.51. The Morgan fingerprint density at radius 1 is 0.586 bits per heavy atom. The van der Waals surface area contributed by atoms with Crippen molar-refractivity contribution in [1.29, 1.82) is 0 Å². The molecular formula is C48H74O10. The minimum Gasteiger partial charge on any atom is -0.458 e. The summed E-state index contributed by atoms with van der Waals surface area (Å²) in [6, 6.07) is 0. The largest absolute Gasteiger partial charge is 0.458 e. The van der Waals surface area contributed by atoms with Gasteiger partial charge in [0.15, 0.2) is 23.7 Å². The van der Waals surface area contributed by atoms with Gasteiger partial charge in [0.25, 0.3) is 0 Å². The summed E-state index contributed by atoms with van der Waals surface area (Å²) in [5, 5.41) is 0. The molecule has 4 fully saturated rings. The molecule has 5 aliphatic heterocycles. The average molecular weight is 811 g/mol. The number of carbonyl (C=O) groups is 1. The molecule has 0 aromatic rings. The lowest BCUT2D eigenvalue weighted by molar-refractivity contribution is -0.336. The van der Waals surface area contributed by atoms with Gasteiger partial charge in [-0.1, -0.05) is 94.5 Å². The summed E-state index contributed by atoms with van der Waals surface area (Å²) < 4.78 is 58.0. The number of ether oxygens (including phenoxy) is 9. The van der Waals surface area contributed by atoms with E-state index in [1.165, 1.54) is 6.08 Å². The van der Waals surface area contributed by atoms with E-state index in [0.717, 1.165) is 44.9 Å². The molecule has 5 heterocycles. The smallest absolute Gasteiger partial charge is 0.331 e. The molecule has 58 heavy (non-hydrogen) atoms. The molecule has 11 atom stereocenters. The van der Waals surface area contributed by atoms with E-state index in [-0.39, 0.29) is 78.8 Å². The van der Waals surface area contributed by atoms with E-state index in [9.17, 15) is 4.79 Å². The third-order valence-electron chi connectivity index (χ3n) is 11.3. The van der Waals surface area contributed by atoms with Crippen LogP contribution in [0.25, 0.3) is 0 Å². The Hall–Kier alpha value is -2.41. The molecule has 6 bridgehead atoms. The monoisotopic (exact) mass is 811 g/mol. The molecular weight excluding hydrogens is 737 g/mol. The van der Waals surface area contributed by atoms with Gasteiger partial charge in [0, 0.05) is 63.0 Å². The molecule has 1 unspecified atom stereocenters. The predicted molar refractivity (Wildman–Crippen MR) is 226 cm³/mol. The lowest BCUT2D eigenvalue weighted by Gasteiger charge is -2.47. The molecule has 0 saturated carbocycles. The van der Waals surface area contributed by atoms with Gasteiger partial charge >= 0.3 is 5.97 Å². The molecule has 0 radical (unpaired) electrons. The zero-order valence-electron chi connectivity index (χ0n) is 37.0. The number of hydrogen-bond acceptors (Lipinski definition) is 10. The lowest BCUT2D eigenvalue weighted by atomic mass is 9.91. The van der Waals surface area contributed by atoms with Gasteiger partial charge in [-0.3, -0.25) is 0 Å². The quantitative estimate of drug-likeness (QED) is 0.202. The maximum Gasteiger partial charge on any atom is 0.331 e. The Bertz CT molecular complexity index is 1470. The Morgan fingerprint density at radius 2 is 1.09 bits per heavy atom. The number of allylic oxidation sites excluding steroid dienone is 8. The maximum atomic E-state index is 12.9. The number of esters is 1. The standard InChI is InChI=1S/C48H74O10/c1-33(2)45-35(4)24-25-36(51-44-23-19-20-26-50-44)27-37-28-38(54-46(5,6)53-37)29-39-30-40(56-47(7,8)55-39)31-41-32-42(58-48(9,10)57-41)34(3)21-17-15-13-11-12-14-16-18-22-43(49)52-45/h11-18,21-22,24-25,33-42,44-45H,19-20,23,26-32H2,1-10H3/b12-11+,15-13+,16-14+,21-17+,22-18+,25-24+/t34-,35-,36-,37-,38+,39-,40+,41+,42+,44?,45-/m0/s1. The highest BCUT2D eigenvalue weighted by molar-refractivity contribution is 5.82. The molecule has 0 N–H and O–H groups in total. The van der Waals surface area contributed by atoms with Crippen molar-refractivity contribution in [3.63, 3.8) is 0 Å². The minimum absolute atomic E-state index is 0.000461. The topological polar surface area (TPSA) is 100 Å². The van der Waals surface area contributed by atoms with Gasteiger partial charge in [-0.15, -0.1) is 0 Å². The zero-order chi connectivity index (χ0) is 41.9. The first kappa shape index (κ1) is 46.7. The van der Waals surface area contributed by atoms with Crippen LogP contribution >= 0.6 is 0 Å². The summed E-state index contributed by atoms with van der Waals surface area (Å²) in [4.78, 5) is 12.9. The second-order valence-corrected chi connectivity index (χ2v) is 18.6. The van der Waals surface area contributed by atoms with Crippen molar-refractivity contribution in [3.8, 4) is 0 Å². The SMILES string of the molecule is CC(C)[C@@H]1OC(=O)/C=C/C=C/C=C/C=C/C=C/[C@H](C)[C@H]2C[C@@H](C[C@H]3C[C@H](C[C@H]4C[C@H](C[C@@H](OC5CCCCO5)/C=C/[C@@H]1C)OC(C)(C)O4)OC(C)(C)O3)OC(C)(C)O2. The van der Waals surface area contributed by atoms with Crippen molar-refractivity contribution in [3.05, 3.63) is 72.9 Å². The van der Waals surface area contributed by atoms with Crippen LogP contribution in [-0.4, -0.2) is 85.1 Å². The van der Waals surface area contributed by atoms with Crippen LogP contribution in [0.15, 0.2) is 72.9 Å². The molecule has 0 aromatic heterocycles. The second-order valence-electron chi connectivity index (χ2n) is 18.6. The van der Waals surface area contributed by atoms with Gasteiger partial charge in [0.05, 0.1) is 42.7 Å². The molecule has 0 spiro atoms. The molecule has 0 aromatic carbocycles. The van der Waals surface area contributed by atoms with Crippen LogP contribution in [0.3, 0.4) is 0 Å². The first-order chi connectivity index (χ1) is 27.4. The van der Waals surface area contributed by atoms with Gasteiger partial charge in [0.2, 0.25) is 0 Å². The normalized spacial score (nSPS) is 41.2. The van der Waals surface area contributed by atoms with Gasteiger partial charge in [-0.25, -0.2) is 4.79 Å². The summed E-state index contributed by atoms with van der Waals surface area (Å²) in [6.45, 7) is 21.1. The highest BCUT2D eigenvalue weighted by Crippen LogP contribution is 2.39. The summed E-state index contributed by atoms with van der Waals surface area (Å²) >= 11 is 0. The van der Waals surface area contributed by atoms with E-state index < -0.39 is 17.4 Å². The summed E-state index contributed by atoms with van der Waals surface area (Å²) in [7, 11) is 0. The van der Waals surface area contributed by atoms with Gasteiger partial charge in [-0.2, -0.15) is 0 Å². The van der Waals surface area contributed by atoms with Gasteiger partial charge in [-0.05, 0) is 66.7 Å². The molecule has 326 valence electrons.